The lowest BCUT2D eigenvalue weighted by Gasteiger charge is -1.98. The highest BCUT2D eigenvalue weighted by Crippen LogP contribution is 2.08. The van der Waals surface area contributed by atoms with Crippen LogP contribution in [0.3, 0.4) is 0 Å². The fourth-order valence-corrected chi connectivity index (χ4v) is 1.54. The van der Waals surface area contributed by atoms with Crippen molar-refractivity contribution in [3.05, 3.63) is 12.7 Å². The Morgan fingerprint density at radius 3 is 2.13 bits per heavy atom. The van der Waals surface area contributed by atoms with Crippen LogP contribution in [-0.2, 0) is 0 Å². The molecular formula is C14H27N. The molecule has 0 aliphatic rings. The number of hydrogen-bond acceptors (Lipinski definition) is 1. The summed E-state index contributed by atoms with van der Waals surface area (Å²) in [4.78, 5) is 4.31. The minimum atomic E-state index is 1.00. The second-order valence-electron chi connectivity index (χ2n) is 4.08. The summed E-state index contributed by atoms with van der Waals surface area (Å²) in [6.07, 6.45) is 15.8. The SMILES string of the molecule is C=CCCCCCCCCC=NCCC. The van der Waals surface area contributed by atoms with Crippen LogP contribution >= 0.6 is 0 Å². The first-order valence-corrected chi connectivity index (χ1v) is 6.51. The van der Waals surface area contributed by atoms with E-state index >= 15 is 0 Å². The Hall–Kier alpha value is -0.590. The average molecular weight is 209 g/mol. The second-order valence-corrected chi connectivity index (χ2v) is 4.08. The molecule has 0 aliphatic carbocycles. The Kier molecular flexibility index (Phi) is 12.9. The normalized spacial score (nSPS) is 11.0. The smallest absolute Gasteiger partial charge is 0.0382 e. The van der Waals surface area contributed by atoms with Gasteiger partial charge in [-0.05, 0) is 38.3 Å². The fraction of sp³-hybridized carbons (Fsp3) is 0.786. The van der Waals surface area contributed by atoms with Gasteiger partial charge in [-0.25, -0.2) is 0 Å². The van der Waals surface area contributed by atoms with Crippen LogP contribution in [0.1, 0.15) is 64.7 Å². The number of aliphatic imine (C=N–C) groups is 1. The van der Waals surface area contributed by atoms with Crippen molar-refractivity contribution in [1.82, 2.24) is 0 Å². The first-order valence-electron chi connectivity index (χ1n) is 6.51. The molecule has 0 saturated carbocycles. The molecule has 0 saturated heterocycles. The van der Waals surface area contributed by atoms with Crippen LogP contribution in [-0.4, -0.2) is 12.8 Å². The summed E-state index contributed by atoms with van der Waals surface area (Å²) in [7, 11) is 0. The van der Waals surface area contributed by atoms with Crippen molar-refractivity contribution in [2.75, 3.05) is 6.54 Å². The summed E-state index contributed by atoms with van der Waals surface area (Å²) in [5.74, 6) is 0. The zero-order valence-electron chi connectivity index (χ0n) is 10.4. The molecule has 0 aromatic rings. The number of unbranched alkanes of at least 4 members (excludes halogenated alkanes) is 7. The van der Waals surface area contributed by atoms with Gasteiger partial charge >= 0.3 is 0 Å². The lowest BCUT2D eigenvalue weighted by molar-refractivity contribution is 0.604. The molecule has 0 bridgehead atoms. The monoisotopic (exact) mass is 209 g/mol. The number of rotatable bonds is 11. The van der Waals surface area contributed by atoms with Gasteiger partial charge in [-0.15, -0.1) is 6.58 Å². The molecule has 1 nitrogen and oxygen atoms in total. The summed E-state index contributed by atoms with van der Waals surface area (Å²) >= 11 is 0. The van der Waals surface area contributed by atoms with Gasteiger partial charge in [0.15, 0.2) is 0 Å². The van der Waals surface area contributed by atoms with E-state index in [-0.39, 0.29) is 0 Å². The molecule has 0 heterocycles. The summed E-state index contributed by atoms with van der Waals surface area (Å²) in [6, 6.07) is 0. The third kappa shape index (κ3) is 13.4. The van der Waals surface area contributed by atoms with Crippen LogP contribution in [0.4, 0.5) is 0 Å². The predicted molar refractivity (Wildman–Crippen MR) is 70.8 cm³/mol. The molecule has 0 aromatic carbocycles. The third-order valence-electron chi connectivity index (χ3n) is 2.47. The molecule has 0 aromatic heterocycles. The van der Waals surface area contributed by atoms with Crippen molar-refractivity contribution < 1.29 is 0 Å². The van der Waals surface area contributed by atoms with Crippen LogP contribution in [0.5, 0.6) is 0 Å². The molecule has 0 amide bonds. The van der Waals surface area contributed by atoms with E-state index < -0.39 is 0 Å². The lowest BCUT2D eigenvalue weighted by atomic mass is 10.1. The molecule has 0 atom stereocenters. The van der Waals surface area contributed by atoms with Gasteiger partial charge in [-0.3, -0.25) is 4.99 Å². The molecule has 0 rings (SSSR count). The van der Waals surface area contributed by atoms with Gasteiger partial charge in [0.25, 0.3) is 0 Å². The highest BCUT2D eigenvalue weighted by atomic mass is 14.7. The molecule has 0 spiro atoms. The molecule has 0 fully saturated rings. The summed E-state index contributed by atoms with van der Waals surface area (Å²) < 4.78 is 0. The van der Waals surface area contributed by atoms with Gasteiger partial charge in [0.05, 0.1) is 0 Å². The van der Waals surface area contributed by atoms with Gasteiger partial charge in [0.1, 0.15) is 0 Å². The maximum atomic E-state index is 4.31. The van der Waals surface area contributed by atoms with Gasteiger partial charge in [-0.1, -0.05) is 38.7 Å². The molecule has 1 heteroatoms. The van der Waals surface area contributed by atoms with E-state index in [1.165, 1.54) is 57.8 Å². The summed E-state index contributed by atoms with van der Waals surface area (Å²) in [5.41, 5.74) is 0. The molecule has 88 valence electrons. The second kappa shape index (κ2) is 13.4. The van der Waals surface area contributed by atoms with Crippen molar-refractivity contribution in [1.29, 1.82) is 0 Å². The van der Waals surface area contributed by atoms with E-state index in [1.807, 2.05) is 6.08 Å². The first kappa shape index (κ1) is 14.4. The maximum absolute atomic E-state index is 4.31. The Labute approximate surface area is 95.7 Å². The maximum Gasteiger partial charge on any atom is 0.0382 e. The van der Waals surface area contributed by atoms with Crippen LogP contribution in [0.25, 0.3) is 0 Å². The minimum Gasteiger partial charge on any atom is -0.298 e. The highest BCUT2D eigenvalue weighted by Gasteiger charge is 1.89. The average Bonchev–Trinajstić information content (AvgIpc) is 2.26. The highest BCUT2D eigenvalue weighted by molar-refractivity contribution is 5.56. The Balaban J connectivity index is 2.95. The number of hydrogen-bond donors (Lipinski definition) is 0. The van der Waals surface area contributed by atoms with Gasteiger partial charge in [0.2, 0.25) is 0 Å². The van der Waals surface area contributed by atoms with Crippen molar-refractivity contribution in [2.24, 2.45) is 4.99 Å². The zero-order chi connectivity index (χ0) is 11.2. The number of allylic oxidation sites excluding steroid dienone is 1. The van der Waals surface area contributed by atoms with E-state index in [0.29, 0.717) is 0 Å². The molecule has 0 radical (unpaired) electrons. The predicted octanol–water partition coefficient (Wildman–Crippen LogP) is 4.77. The molecule has 15 heavy (non-hydrogen) atoms. The third-order valence-corrected chi connectivity index (χ3v) is 2.47. The standard InChI is InChI=1S/C14H27N/c1-3-5-6-7-8-9-10-11-12-14-15-13-4-2/h3,14H,1,4-13H2,2H3. The van der Waals surface area contributed by atoms with Crippen molar-refractivity contribution >= 4 is 6.21 Å². The van der Waals surface area contributed by atoms with E-state index in [4.69, 9.17) is 0 Å². The van der Waals surface area contributed by atoms with Crippen molar-refractivity contribution in [3.63, 3.8) is 0 Å². The number of nitrogens with zero attached hydrogens (tertiary/aromatic N) is 1. The van der Waals surface area contributed by atoms with E-state index in [9.17, 15) is 0 Å². The van der Waals surface area contributed by atoms with Gasteiger partial charge in [-0.2, -0.15) is 0 Å². The molecular weight excluding hydrogens is 182 g/mol. The molecule has 0 aliphatic heterocycles. The molecule has 0 N–H and O–H groups in total. The van der Waals surface area contributed by atoms with E-state index in [2.05, 4.69) is 24.7 Å². The summed E-state index contributed by atoms with van der Waals surface area (Å²) in [6.45, 7) is 6.90. The largest absolute Gasteiger partial charge is 0.298 e. The van der Waals surface area contributed by atoms with Crippen LogP contribution in [0, 0.1) is 0 Å². The lowest BCUT2D eigenvalue weighted by Crippen LogP contribution is -1.83. The minimum absolute atomic E-state index is 1.00. The van der Waals surface area contributed by atoms with Gasteiger partial charge < -0.3 is 0 Å². The topological polar surface area (TPSA) is 12.4 Å². The van der Waals surface area contributed by atoms with E-state index in [1.54, 1.807) is 0 Å². The fourth-order valence-electron chi connectivity index (χ4n) is 1.54. The Morgan fingerprint density at radius 2 is 1.53 bits per heavy atom. The Morgan fingerprint density at radius 1 is 0.933 bits per heavy atom. The zero-order valence-corrected chi connectivity index (χ0v) is 10.4. The summed E-state index contributed by atoms with van der Waals surface area (Å²) in [5, 5.41) is 0. The van der Waals surface area contributed by atoms with Gasteiger partial charge in [0, 0.05) is 6.54 Å². The van der Waals surface area contributed by atoms with Crippen LogP contribution in [0.2, 0.25) is 0 Å². The molecule has 0 unspecified atom stereocenters. The van der Waals surface area contributed by atoms with Crippen LogP contribution in [0.15, 0.2) is 17.6 Å². The quantitative estimate of drug-likeness (QED) is 0.264. The first-order chi connectivity index (χ1) is 7.41. The van der Waals surface area contributed by atoms with Crippen LogP contribution < -0.4 is 0 Å². The Bertz CT molecular complexity index is 149. The van der Waals surface area contributed by atoms with E-state index in [0.717, 1.165) is 6.54 Å². The van der Waals surface area contributed by atoms with Crippen molar-refractivity contribution in [3.8, 4) is 0 Å². The van der Waals surface area contributed by atoms with Crippen molar-refractivity contribution in [2.45, 2.75) is 64.7 Å².